The van der Waals surface area contributed by atoms with E-state index < -0.39 is 0 Å². The summed E-state index contributed by atoms with van der Waals surface area (Å²) in [6, 6.07) is 0.547. The van der Waals surface area contributed by atoms with Crippen LogP contribution in [-0.2, 0) is 12.8 Å². The number of nitrogens with one attached hydrogen (secondary N) is 1. The largest absolute Gasteiger partial charge is 0.367 e. The van der Waals surface area contributed by atoms with Crippen molar-refractivity contribution >= 4 is 5.82 Å². The van der Waals surface area contributed by atoms with E-state index in [0.29, 0.717) is 11.5 Å². The summed E-state index contributed by atoms with van der Waals surface area (Å²) in [6.45, 7) is 4.50. The number of rotatable bonds is 3. The quantitative estimate of drug-likeness (QED) is 0.877. The third kappa shape index (κ3) is 2.38. The fourth-order valence-corrected chi connectivity index (χ4v) is 6.90. The van der Waals surface area contributed by atoms with Crippen molar-refractivity contribution in [1.29, 1.82) is 0 Å². The first-order valence-corrected chi connectivity index (χ1v) is 10.2. The molecule has 1 aromatic rings. The van der Waals surface area contributed by atoms with E-state index in [2.05, 4.69) is 19.2 Å². The maximum absolute atomic E-state index is 4.83. The van der Waals surface area contributed by atoms with Gasteiger partial charge in [0.2, 0.25) is 0 Å². The lowest BCUT2D eigenvalue weighted by atomic mass is 9.48. The SMILES string of the molecule is Cc1nc2c(c(NC(C)C34CC5CC(CC(C5)C3)C4)n1)CCCC2. The van der Waals surface area contributed by atoms with Crippen LogP contribution in [0.1, 0.15) is 75.4 Å². The maximum Gasteiger partial charge on any atom is 0.133 e. The van der Waals surface area contributed by atoms with Gasteiger partial charge in [-0.3, -0.25) is 0 Å². The van der Waals surface area contributed by atoms with Crippen molar-refractivity contribution in [2.24, 2.45) is 23.2 Å². The van der Waals surface area contributed by atoms with Gasteiger partial charge in [0.1, 0.15) is 11.6 Å². The molecular formula is C21H31N3. The molecule has 3 nitrogen and oxygen atoms in total. The van der Waals surface area contributed by atoms with Crippen LogP contribution in [0.4, 0.5) is 5.82 Å². The van der Waals surface area contributed by atoms with E-state index in [1.165, 1.54) is 68.4 Å². The number of aryl methyl sites for hydroxylation is 2. The van der Waals surface area contributed by atoms with E-state index in [1.807, 2.05) is 0 Å². The lowest BCUT2D eigenvalue weighted by molar-refractivity contribution is -0.0603. The monoisotopic (exact) mass is 325 g/mol. The smallest absolute Gasteiger partial charge is 0.133 e. The molecule has 4 fully saturated rings. The first-order valence-electron chi connectivity index (χ1n) is 10.2. The van der Waals surface area contributed by atoms with Crippen LogP contribution in [0.2, 0.25) is 0 Å². The van der Waals surface area contributed by atoms with Gasteiger partial charge in [-0.05, 0) is 101 Å². The van der Waals surface area contributed by atoms with Gasteiger partial charge in [0.15, 0.2) is 0 Å². The molecule has 0 radical (unpaired) electrons. The normalized spacial score (nSPS) is 38.0. The number of hydrogen-bond acceptors (Lipinski definition) is 3. The second-order valence-corrected chi connectivity index (χ2v) is 9.40. The van der Waals surface area contributed by atoms with Crippen molar-refractivity contribution in [3.63, 3.8) is 0 Å². The number of anilines is 1. The van der Waals surface area contributed by atoms with E-state index in [1.54, 1.807) is 0 Å². The molecule has 1 heterocycles. The molecule has 4 bridgehead atoms. The van der Waals surface area contributed by atoms with Gasteiger partial charge in [0, 0.05) is 17.3 Å². The zero-order valence-corrected chi connectivity index (χ0v) is 15.3. The second-order valence-electron chi connectivity index (χ2n) is 9.40. The van der Waals surface area contributed by atoms with Crippen LogP contribution in [0.15, 0.2) is 0 Å². The van der Waals surface area contributed by atoms with Crippen LogP contribution < -0.4 is 5.32 Å². The van der Waals surface area contributed by atoms with Gasteiger partial charge in [-0.2, -0.15) is 0 Å². The van der Waals surface area contributed by atoms with Crippen LogP contribution in [0.25, 0.3) is 0 Å². The molecule has 3 heteroatoms. The second kappa shape index (κ2) is 5.44. The fraction of sp³-hybridized carbons (Fsp3) is 0.810. The molecule has 5 aliphatic carbocycles. The Labute approximate surface area is 146 Å². The first-order chi connectivity index (χ1) is 11.6. The summed E-state index contributed by atoms with van der Waals surface area (Å²) in [7, 11) is 0. The van der Waals surface area contributed by atoms with Gasteiger partial charge in [0.05, 0.1) is 0 Å². The minimum absolute atomic E-state index is 0.537. The molecule has 1 N–H and O–H groups in total. The van der Waals surface area contributed by atoms with E-state index in [0.717, 1.165) is 36.4 Å². The molecule has 1 atom stereocenters. The van der Waals surface area contributed by atoms with Crippen LogP contribution in [0.3, 0.4) is 0 Å². The Bertz CT molecular complexity index is 615. The molecule has 1 aromatic heterocycles. The Hall–Kier alpha value is -1.12. The highest BCUT2D eigenvalue weighted by Gasteiger charge is 2.53. The van der Waals surface area contributed by atoms with Crippen molar-refractivity contribution in [3.05, 3.63) is 17.1 Å². The van der Waals surface area contributed by atoms with Crippen molar-refractivity contribution < 1.29 is 0 Å². The zero-order chi connectivity index (χ0) is 16.3. The van der Waals surface area contributed by atoms with Crippen molar-refractivity contribution in [2.45, 2.75) is 84.1 Å². The molecule has 0 aromatic carbocycles. The van der Waals surface area contributed by atoms with Crippen LogP contribution >= 0.6 is 0 Å². The maximum atomic E-state index is 4.83. The summed E-state index contributed by atoms with van der Waals surface area (Å²) in [5.74, 6) is 5.15. The topological polar surface area (TPSA) is 37.8 Å². The third-order valence-electron chi connectivity index (χ3n) is 7.65. The molecule has 6 rings (SSSR count). The van der Waals surface area contributed by atoms with E-state index in [9.17, 15) is 0 Å². The highest BCUT2D eigenvalue weighted by atomic mass is 15.1. The molecule has 0 saturated heterocycles. The van der Waals surface area contributed by atoms with Crippen molar-refractivity contribution in [3.8, 4) is 0 Å². The number of hydrogen-bond donors (Lipinski definition) is 1. The Balaban J connectivity index is 1.43. The third-order valence-corrected chi connectivity index (χ3v) is 7.65. The molecule has 24 heavy (non-hydrogen) atoms. The molecule has 0 aliphatic heterocycles. The minimum Gasteiger partial charge on any atom is -0.367 e. The first kappa shape index (κ1) is 15.2. The summed E-state index contributed by atoms with van der Waals surface area (Å²) >= 11 is 0. The molecule has 1 unspecified atom stereocenters. The average Bonchev–Trinajstić information content (AvgIpc) is 2.53. The highest BCUT2D eigenvalue weighted by molar-refractivity contribution is 5.49. The highest BCUT2D eigenvalue weighted by Crippen LogP contribution is 2.61. The lowest BCUT2D eigenvalue weighted by Gasteiger charge is -2.59. The van der Waals surface area contributed by atoms with Gasteiger partial charge in [-0.1, -0.05) is 0 Å². The van der Waals surface area contributed by atoms with E-state index in [-0.39, 0.29) is 0 Å². The predicted molar refractivity (Wildman–Crippen MR) is 97.1 cm³/mol. The minimum atomic E-state index is 0.537. The molecule has 4 saturated carbocycles. The van der Waals surface area contributed by atoms with E-state index >= 15 is 0 Å². The molecule has 130 valence electrons. The summed E-state index contributed by atoms with van der Waals surface area (Å²) in [6.07, 6.45) is 13.8. The molecule has 0 spiro atoms. The Morgan fingerprint density at radius 1 is 0.958 bits per heavy atom. The summed E-state index contributed by atoms with van der Waals surface area (Å²) < 4.78 is 0. The van der Waals surface area contributed by atoms with E-state index in [4.69, 9.17) is 9.97 Å². The molecule has 0 amide bonds. The Morgan fingerprint density at radius 3 is 2.25 bits per heavy atom. The number of fused-ring (bicyclic) bond motifs is 1. The van der Waals surface area contributed by atoms with Crippen LogP contribution in [0, 0.1) is 30.1 Å². The van der Waals surface area contributed by atoms with Crippen molar-refractivity contribution in [2.75, 3.05) is 5.32 Å². The molecular weight excluding hydrogens is 294 g/mol. The van der Waals surface area contributed by atoms with Crippen LogP contribution in [0.5, 0.6) is 0 Å². The summed E-state index contributed by atoms with van der Waals surface area (Å²) in [5.41, 5.74) is 3.27. The standard InChI is InChI=1S/C21H31N3/c1-13(21-10-15-7-16(11-21)9-17(8-15)12-21)22-20-18-5-3-4-6-19(18)23-14(2)24-20/h13,15-17H,3-12H2,1-2H3,(H,22,23,24). The van der Waals surface area contributed by atoms with Gasteiger partial charge >= 0.3 is 0 Å². The predicted octanol–water partition coefficient (Wildman–Crippen LogP) is 4.68. The number of nitrogens with zero attached hydrogens (tertiary/aromatic N) is 2. The zero-order valence-electron chi connectivity index (χ0n) is 15.3. The van der Waals surface area contributed by atoms with Crippen LogP contribution in [-0.4, -0.2) is 16.0 Å². The average molecular weight is 326 g/mol. The van der Waals surface area contributed by atoms with Gasteiger partial charge in [-0.15, -0.1) is 0 Å². The van der Waals surface area contributed by atoms with Gasteiger partial charge in [-0.25, -0.2) is 9.97 Å². The van der Waals surface area contributed by atoms with Gasteiger partial charge in [0.25, 0.3) is 0 Å². The summed E-state index contributed by atoms with van der Waals surface area (Å²) in [5, 5.41) is 3.92. The molecule has 5 aliphatic rings. The fourth-order valence-electron chi connectivity index (χ4n) is 6.90. The Kier molecular flexibility index (Phi) is 3.44. The summed E-state index contributed by atoms with van der Waals surface area (Å²) in [4.78, 5) is 9.55. The number of aromatic nitrogens is 2. The van der Waals surface area contributed by atoms with Crippen molar-refractivity contribution in [1.82, 2.24) is 9.97 Å². The van der Waals surface area contributed by atoms with Gasteiger partial charge < -0.3 is 5.32 Å². The Morgan fingerprint density at radius 2 is 1.58 bits per heavy atom. The lowest BCUT2D eigenvalue weighted by Crippen LogP contribution is -2.53.